The van der Waals surface area contributed by atoms with Crippen LogP contribution in [0.25, 0.3) is 0 Å². The van der Waals surface area contributed by atoms with Crippen LogP contribution in [0.1, 0.15) is 46.0 Å². The van der Waals surface area contributed by atoms with Gasteiger partial charge in [0.15, 0.2) is 5.03 Å². The zero-order valence-corrected chi connectivity index (χ0v) is 12.4. The highest BCUT2D eigenvalue weighted by molar-refractivity contribution is 7.89. The maximum atomic E-state index is 12.0. The summed E-state index contributed by atoms with van der Waals surface area (Å²) in [6, 6.07) is 4.83. The van der Waals surface area contributed by atoms with E-state index in [1.54, 1.807) is 19.1 Å². The summed E-state index contributed by atoms with van der Waals surface area (Å²) in [7, 11) is -3.54. The van der Waals surface area contributed by atoms with Gasteiger partial charge in [-0.25, -0.2) is 4.98 Å². The minimum absolute atomic E-state index is 0.0498. The Hall–Kier alpha value is -1.36. The highest BCUT2D eigenvalue weighted by atomic mass is 32.2. The molecule has 0 atom stereocenters. The van der Waals surface area contributed by atoms with Gasteiger partial charge >= 0.3 is 0 Å². The first-order chi connectivity index (χ1) is 9.06. The molecule has 0 saturated carbocycles. The van der Waals surface area contributed by atoms with E-state index < -0.39 is 10.0 Å². The Kier molecular flexibility index (Phi) is 6.56. The Bertz CT molecular complexity index is 495. The Morgan fingerprint density at radius 2 is 2.11 bits per heavy atom. The van der Waals surface area contributed by atoms with Gasteiger partial charge in [-0.1, -0.05) is 38.3 Å². The second kappa shape index (κ2) is 7.94. The van der Waals surface area contributed by atoms with Crippen LogP contribution >= 0.6 is 0 Å². The van der Waals surface area contributed by atoms with Gasteiger partial charge in [0, 0.05) is 11.9 Å². The van der Waals surface area contributed by atoms with Crippen molar-refractivity contribution in [3.8, 4) is 0 Å². The molecule has 1 rings (SSSR count). The first-order valence-corrected chi connectivity index (χ1v) is 8.15. The van der Waals surface area contributed by atoms with E-state index in [2.05, 4.69) is 16.6 Å². The second-order valence-electron chi connectivity index (χ2n) is 4.51. The molecule has 0 saturated heterocycles. The molecule has 106 valence electrons. The molecule has 1 aromatic rings. The van der Waals surface area contributed by atoms with Gasteiger partial charge in [-0.2, -0.15) is 8.42 Å². The van der Waals surface area contributed by atoms with E-state index in [0.717, 1.165) is 12.8 Å². The standard InChI is InChI=1S/C14H22N2O2S/c1-3-4-5-6-7-10-13(2)16-19(17,18)14-11-8-9-12-15-14/h8-12,16H,3-7H2,1-2H3. The van der Waals surface area contributed by atoms with Crippen molar-refractivity contribution in [2.24, 2.45) is 0 Å². The van der Waals surface area contributed by atoms with E-state index in [1.165, 1.54) is 31.5 Å². The van der Waals surface area contributed by atoms with Gasteiger partial charge in [-0.15, -0.1) is 0 Å². The molecule has 0 spiro atoms. The first kappa shape index (κ1) is 15.7. The van der Waals surface area contributed by atoms with Crippen molar-refractivity contribution in [2.45, 2.75) is 51.0 Å². The Balaban J connectivity index is 2.51. The average molecular weight is 282 g/mol. The summed E-state index contributed by atoms with van der Waals surface area (Å²) < 4.78 is 26.5. The molecule has 0 radical (unpaired) electrons. The first-order valence-electron chi connectivity index (χ1n) is 6.67. The molecule has 0 aliphatic rings. The Morgan fingerprint density at radius 3 is 2.74 bits per heavy atom. The minimum Gasteiger partial charge on any atom is -0.283 e. The number of hydrogen-bond acceptors (Lipinski definition) is 3. The maximum absolute atomic E-state index is 12.0. The van der Waals surface area contributed by atoms with E-state index in [4.69, 9.17) is 0 Å². The SMILES string of the molecule is CCCCCCC=C(C)NS(=O)(=O)c1ccccn1. The molecule has 0 fully saturated rings. The van der Waals surface area contributed by atoms with Crippen LogP contribution in [0.15, 0.2) is 41.2 Å². The lowest BCUT2D eigenvalue weighted by molar-refractivity contribution is 0.584. The molecule has 4 nitrogen and oxygen atoms in total. The van der Waals surface area contributed by atoms with E-state index in [-0.39, 0.29) is 5.03 Å². The van der Waals surface area contributed by atoms with Crippen LogP contribution in [0.2, 0.25) is 0 Å². The van der Waals surface area contributed by atoms with E-state index in [1.807, 2.05) is 6.08 Å². The van der Waals surface area contributed by atoms with E-state index in [0.29, 0.717) is 5.70 Å². The fourth-order valence-electron chi connectivity index (χ4n) is 1.70. The molecule has 0 aliphatic carbocycles. The Morgan fingerprint density at radius 1 is 1.32 bits per heavy atom. The Labute approximate surface area is 116 Å². The van der Waals surface area contributed by atoms with Gasteiger partial charge in [0.1, 0.15) is 0 Å². The molecule has 1 N–H and O–H groups in total. The summed E-state index contributed by atoms with van der Waals surface area (Å²) in [5, 5.41) is 0.0498. The molecule has 0 unspecified atom stereocenters. The molecule has 1 aromatic heterocycles. The highest BCUT2D eigenvalue weighted by Gasteiger charge is 2.14. The van der Waals surface area contributed by atoms with Crippen molar-refractivity contribution in [2.75, 3.05) is 0 Å². The van der Waals surface area contributed by atoms with Gasteiger partial charge in [0.25, 0.3) is 10.0 Å². The molecule has 0 bridgehead atoms. The number of pyridine rings is 1. The number of nitrogens with one attached hydrogen (secondary N) is 1. The summed E-state index contributed by atoms with van der Waals surface area (Å²) in [5.41, 5.74) is 0.655. The summed E-state index contributed by atoms with van der Waals surface area (Å²) in [6.07, 6.45) is 9.01. The molecule has 0 amide bonds. The number of aromatic nitrogens is 1. The zero-order valence-electron chi connectivity index (χ0n) is 11.6. The monoisotopic (exact) mass is 282 g/mol. The highest BCUT2D eigenvalue weighted by Crippen LogP contribution is 2.08. The van der Waals surface area contributed by atoms with Gasteiger partial charge in [-0.05, 0) is 31.9 Å². The number of hydrogen-bond donors (Lipinski definition) is 1. The fraction of sp³-hybridized carbons (Fsp3) is 0.500. The van der Waals surface area contributed by atoms with Crippen LogP contribution in [0.3, 0.4) is 0 Å². The number of rotatable bonds is 8. The van der Waals surface area contributed by atoms with Crippen LogP contribution in [-0.4, -0.2) is 13.4 Å². The summed E-state index contributed by atoms with van der Waals surface area (Å²) in [5.74, 6) is 0. The topological polar surface area (TPSA) is 59.1 Å². The van der Waals surface area contributed by atoms with Gasteiger partial charge in [-0.3, -0.25) is 4.72 Å². The van der Waals surface area contributed by atoms with Crippen LogP contribution in [0.5, 0.6) is 0 Å². The number of allylic oxidation sites excluding steroid dienone is 2. The van der Waals surface area contributed by atoms with Crippen LogP contribution < -0.4 is 4.72 Å². The predicted molar refractivity (Wildman–Crippen MR) is 77.1 cm³/mol. The average Bonchev–Trinajstić information content (AvgIpc) is 2.39. The normalized spacial score (nSPS) is 12.4. The lowest BCUT2D eigenvalue weighted by Gasteiger charge is -2.07. The smallest absolute Gasteiger partial charge is 0.279 e. The third kappa shape index (κ3) is 5.87. The molecule has 1 heterocycles. The molecule has 0 aromatic carbocycles. The summed E-state index contributed by atoms with van der Waals surface area (Å²) >= 11 is 0. The van der Waals surface area contributed by atoms with Crippen molar-refractivity contribution in [1.82, 2.24) is 9.71 Å². The van der Waals surface area contributed by atoms with Crippen molar-refractivity contribution >= 4 is 10.0 Å². The quantitative estimate of drug-likeness (QED) is 0.745. The van der Waals surface area contributed by atoms with Crippen molar-refractivity contribution in [3.05, 3.63) is 36.2 Å². The molecule has 5 heteroatoms. The van der Waals surface area contributed by atoms with Gasteiger partial charge in [0.05, 0.1) is 0 Å². The van der Waals surface area contributed by atoms with Crippen molar-refractivity contribution < 1.29 is 8.42 Å². The molecular weight excluding hydrogens is 260 g/mol. The maximum Gasteiger partial charge on any atom is 0.279 e. The van der Waals surface area contributed by atoms with E-state index >= 15 is 0 Å². The molecular formula is C14H22N2O2S. The van der Waals surface area contributed by atoms with Gasteiger partial charge < -0.3 is 0 Å². The minimum atomic E-state index is -3.54. The van der Waals surface area contributed by atoms with Gasteiger partial charge in [0.2, 0.25) is 0 Å². The lowest BCUT2D eigenvalue weighted by atomic mass is 10.1. The third-order valence-corrected chi connectivity index (χ3v) is 4.10. The third-order valence-electron chi connectivity index (χ3n) is 2.72. The summed E-state index contributed by atoms with van der Waals surface area (Å²) in [4.78, 5) is 3.85. The van der Waals surface area contributed by atoms with Crippen molar-refractivity contribution in [1.29, 1.82) is 0 Å². The number of unbranched alkanes of at least 4 members (excludes halogenated alkanes) is 4. The predicted octanol–water partition coefficient (Wildman–Crippen LogP) is 3.23. The lowest BCUT2D eigenvalue weighted by Crippen LogP contribution is -2.22. The van der Waals surface area contributed by atoms with Crippen LogP contribution in [0.4, 0.5) is 0 Å². The number of sulfonamides is 1. The largest absolute Gasteiger partial charge is 0.283 e. The zero-order chi connectivity index (χ0) is 14.1. The fourth-order valence-corrected chi connectivity index (χ4v) is 2.77. The van der Waals surface area contributed by atoms with E-state index in [9.17, 15) is 8.42 Å². The van der Waals surface area contributed by atoms with Crippen LogP contribution in [0, 0.1) is 0 Å². The van der Waals surface area contributed by atoms with Crippen LogP contribution in [-0.2, 0) is 10.0 Å². The number of nitrogens with zero attached hydrogens (tertiary/aromatic N) is 1. The molecule has 0 aliphatic heterocycles. The second-order valence-corrected chi connectivity index (χ2v) is 6.14. The van der Waals surface area contributed by atoms with Crippen molar-refractivity contribution in [3.63, 3.8) is 0 Å². The molecule has 19 heavy (non-hydrogen) atoms. The summed E-state index contributed by atoms with van der Waals surface area (Å²) in [6.45, 7) is 3.93.